The third-order valence-electron chi connectivity index (χ3n) is 4.06. The molecular weight excluding hydrogens is 406 g/mol. The number of hydrogen-bond acceptors (Lipinski definition) is 7. The van der Waals surface area contributed by atoms with Gasteiger partial charge >= 0.3 is 0 Å². The second-order valence-electron chi connectivity index (χ2n) is 6.72. The highest BCUT2D eigenvalue weighted by Gasteiger charge is 2.20. The van der Waals surface area contributed by atoms with Gasteiger partial charge in [0.15, 0.2) is 5.16 Å². The number of para-hydroxylation sites is 1. The number of nitrogens with one attached hydrogen (secondary N) is 1. The molecule has 2 aromatic carbocycles. The van der Waals surface area contributed by atoms with Crippen molar-refractivity contribution in [1.82, 2.24) is 20.1 Å². The minimum Gasteiger partial charge on any atom is -0.491 e. The maximum absolute atomic E-state index is 12.6. The molecule has 1 heterocycles. The quantitative estimate of drug-likeness (QED) is 0.432. The van der Waals surface area contributed by atoms with Gasteiger partial charge in [0.05, 0.1) is 15.9 Å². The number of aryl methyl sites for hydroxylation is 1. The number of nitrogens with zero attached hydrogens (tertiary/aromatic N) is 4. The predicted octanol–water partition coefficient (Wildman–Crippen LogP) is 3.59. The van der Waals surface area contributed by atoms with Crippen LogP contribution in [0.2, 0.25) is 0 Å². The van der Waals surface area contributed by atoms with Crippen molar-refractivity contribution in [3.05, 3.63) is 70.0 Å². The van der Waals surface area contributed by atoms with Crippen LogP contribution >= 0.6 is 11.8 Å². The Bertz CT molecular complexity index is 1070. The fourth-order valence-corrected chi connectivity index (χ4v) is 3.50. The smallest absolute Gasteiger partial charge is 0.284 e. The van der Waals surface area contributed by atoms with Gasteiger partial charge in [-0.2, -0.15) is 0 Å². The fourth-order valence-electron chi connectivity index (χ4n) is 2.65. The van der Waals surface area contributed by atoms with E-state index in [4.69, 9.17) is 4.74 Å². The van der Waals surface area contributed by atoms with E-state index in [1.54, 1.807) is 23.7 Å². The first-order valence-corrected chi connectivity index (χ1v) is 10.00. The van der Waals surface area contributed by atoms with Gasteiger partial charge in [-0.3, -0.25) is 14.9 Å². The molecule has 0 atom stereocenters. The maximum Gasteiger partial charge on any atom is 0.284 e. The summed E-state index contributed by atoms with van der Waals surface area (Å²) >= 11 is 1.11. The summed E-state index contributed by atoms with van der Waals surface area (Å²) in [6.45, 7) is 4.09. The predicted molar refractivity (Wildman–Crippen MR) is 112 cm³/mol. The van der Waals surface area contributed by atoms with Crippen molar-refractivity contribution < 1.29 is 14.5 Å². The summed E-state index contributed by atoms with van der Waals surface area (Å²) in [6, 6.07) is 11.8. The highest BCUT2D eigenvalue weighted by Crippen LogP contribution is 2.34. The number of amides is 1. The number of carbonyl (C=O) groups excluding carboxylic acids is 1. The molecule has 0 spiro atoms. The Morgan fingerprint density at radius 1 is 1.30 bits per heavy atom. The number of nitro groups is 1. The standard InChI is InChI=1S/C20H21N5O4S/c1-13(2)29-17-7-5-4-6-15(17)11-21-19(26)14-8-9-18(16(10-14)25(27)28)30-20-23-22-12-24(20)3/h4-10,12-13H,11H2,1-3H3,(H,21,26). The minimum atomic E-state index is -0.513. The van der Waals surface area contributed by atoms with E-state index in [1.807, 2.05) is 38.1 Å². The molecule has 0 aliphatic heterocycles. The number of rotatable bonds is 8. The highest BCUT2D eigenvalue weighted by atomic mass is 32.2. The molecule has 30 heavy (non-hydrogen) atoms. The summed E-state index contributed by atoms with van der Waals surface area (Å²) in [5.41, 5.74) is 0.856. The summed E-state index contributed by atoms with van der Waals surface area (Å²) < 4.78 is 7.41. The lowest BCUT2D eigenvalue weighted by Gasteiger charge is -2.14. The van der Waals surface area contributed by atoms with Gasteiger partial charge in [-0.25, -0.2) is 0 Å². The third-order valence-corrected chi connectivity index (χ3v) is 5.18. The van der Waals surface area contributed by atoms with Gasteiger partial charge in [-0.1, -0.05) is 18.2 Å². The summed E-state index contributed by atoms with van der Waals surface area (Å²) in [6.07, 6.45) is 1.51. The van der Waals surface area contributed by atoms with E-state index in [0.717, 1.165) is 17.3 Å². The summed E-state index contributed by atoms with van der Waals surface area (Å²) in [5.74, 6) is 0.280. The van der Waals surface area contributed by atoms with Crippen LogP contribution in [0.3, 0.4) is 0 Å². The van der Waals surface area contributed by atoms with Gasteiger partial charge in [-0.15, -0.1) is 10.2 Å². The molecule has 0 bridgehead atoms. The number of benzene rings is 2. The zero-order valence-electron chi connectivity index (χ0n) is 16.7. The SMILES string of the molecule is CC(C)Oc1ccccc1CNC(=O)c1ccc(Sc2nncn2C)c([N+](=O)[O-])c1. The van der Waals surface area contributed by atoms with Crippen LogP contribution in [0, 0.1) is 10.1 Å². The van der Waals surface area contributed by atoms with E-state index in [0.29, 0.717) is 15.8 Å². The zero-order chi connectivity index (χ0) is 21.7. The van der Waals surface area contributed by atoms with E-state index in [1.165, 1.54) is 12.4 Å². The van der Waals surface area contributed by atoms with Crippen LogP contribution in [-0.4, -0.2) is 31.7 Å². The topological polar surface area (TPSA) is 112 Å². The van der Waals surface area contributed by atoms with Crippen LogP contribution < -0.4 is 10.1 Å². The Kier molecular flexibility index (Phi) is 6.68. The Morgan fingerprint density at radius 3 is 2.73 bits per heavy atom. The third kappa shape index (κ3) is 5.15. The van der Waals surface area contributed by atoms with Crippen LogP contribution in [0.15, 0.2) is 58.8 Å². The van der Waals surface area contributed by atoms with Crippen molar-refractivity contribution in [3.8, 4) is 5.75 Å². The first kappa shape index (κ1) is 21.3. The monoisotopic (exact) mass is 427 g/mol. The average molecular weight is 427 g/mol. The van der Waals surface area contributed by atoms with E-state index < -0.39 is 10.8 Å². The lowest BCUT2D eigenvalue weighted by Crippen LogP contribution is -2.23. The fraction of sp³-hybridized carbons (Fsp3) is 0.250. The first-order chi connectivity index (χ1) is 14.3. The van der Waals surface area contributed by atoms with Gasteiger partial charge in [-0.05, 0) is 43.8 Å². The average Bonchev–Trinajstić information content (AvgIpc) is 3.11. The number of hydrogen-bond donors (Lipinski definition) is 1. The molecule has 0 saturated heterocycles. The van der Waals surface area contributed by atoms with Crippen LogP contribution in [0.5, 0.6) is 5.75 Å². The Morgan fingerprint density at radius 2 is 2.07 bits per heavy atom. The molecular formula is C20H21N5O4S. The molecule has 0 radical (unpaired) electrons. The molecule has 0 saturated carbocycles. The lowest BCUT2D eigenvalue weighted by molar-refractivity contribution is -0.387. The van der Waals surface area contributed by atoms with Crippen molar-refractivity contribution in [2.45, 2.75) is 36.5 Å². The van der Waals surface area contributed by atoms with E-state index in [2.05, 4.69) is 15.5 Å². The Labute approximate surface area is 177 Å². The Balaban J connectivity index is 1.76. The number of ether oxygens (including phenoxy) is 1. The minimum absolute atomic E-state index is 0.00321. The maximum atomic E-state index is 12.6. The van der Waals surface area contributed by atoms with Gasteiger partial charge in [0, 0.05) is 30.8 Å². The molecule has 0 aliphatic rings. The van der Waals surface area contributed by atoms with Gasteiger partial charge in [0.2, 0.25) is 0 Å². The number of aromatic nitrogens is 3. The van der Waals surface area contributed by atoms with E-state index in [9.17, 15) is 14.9 Å². The first-order valence-electron chi connectivity index (χ1n) is 9.18. The van der Waals surface area contributed by atoms with Crippen LogP contribution in [0.25, 0.3) is 0 Å². The van der Waals surface area contributed by atoms with Crippen molar-refractivity contribution in [3.63, 3.8) is 0 Å². The molecule has 0 fully saturated rings. The molecule has 0 aliphatic carbocycles. The van der Waals surface area contributed by atoms with Crippen molar-refractivity contribution in [2.75, 3.05) is 0 Å². The second kappa shape index (κ2) is 9.40. The largest absolute Gasteiger partial charge is 0.491 e. The van der Waals surface area contributed by atoms with Crippen molar-refractivity contribution >= 4 is 23.4 Å². The summed E-state index contributed by atoms with van der Waals surface area (Å²) in [7, 11) is 1.75. The Hall–Kier alpha value is -3.40. The van der Waals surface area contributed by atoms with Crippen LogP contribution in [-0.2, 0) is 13.6 Å². The van der Waals surface area contributed by atoms with Gasteiger partial charge in [0.1, 0.15) is 12.1 Å². The van der Waals surface area contributed by atoms with E-state index in [-0.39, 0.29) is 23.9 Å². The molecule has 1 N–H and O–H groups in total. The molecule has 3 aromatic rings. The number of carbonyl (C=O) groups is 1. The van der Waals surface area contributed by atoms with Crippen molar-refractivity contribution in [2.24, 2.45) is 7.05 Å². The molecule has 1 aromatic heterocycles. The normalized spacial score (nSPS) is 10.8. The second-order valence-corrected chi connectivity index (χ2v) is 7.73. The molecule has 10 heteroatoms. The van der Waals surface area contributed by atoms with E-state index >= 15 is 0 Å². The molecule has 3 rings (SSSR count). The summed E-state index contributed by atoms with van der Waals surface area (Å²) in [4.78, 5) is 24.0. The number of nitro benzene ring substituents is 1. The van der Waals surface area contributed by atoms with Crippen molar-refractivity contribution in [1.29, 1.82) is 0 Å². The zero-order valence-corrected chi connectivity index (χ0v) is 17.5. The molecule has 0 unspecified atom stereocenters. The molecule has 1 amide bonds. The summed E-state index contributed by atoms with van der Waals surface area (Å²) in [5, 5.41) is 22.5. The van der Waals surface area contributed by atoms with Gasteiger partial charge in [0.25, 0.3) is 11.6 Å². The lowest BCUT2D eigenvalue weighted by atomic mass is 10.1. The molecule has 156 valence electrons. The van der Waals surface area contributed by atoms with Crippen LogP contribution in [0.4, 0.5) is 5.69 Å². The van der Waals surface area contributed by atoms with Crippen LogP contribution in [0.1, 0.15) is 29.8 Å². The molecule has 9 nitrogen and oxygen atoms in total. The highest BCUT2D eigenvalue weighted by molar-refractivity contribution is 7.99. The van der Waals surface area contributed by atoms with Gasteiger partial charge < -0.3 is 14.6 Å².